The standard InChI is InChI=1S/C17H25N3O3/c1-13(21)20(16-7-8-16)12-14-3-5-15(6-4-14)19-17(22)11-18-9-10-23-2/h3-6,16,18H,7-12H2,1-2H3,(H,19,22). The van der Waals surface area contributed by atoms with E-state index >= 15 is 0 Å². The number of rotatable bonds is 9. The van der Waals surface area contributed by atoms with E-state index in [1.165, 1.54) is 0 Å². The fourth-order valence-corrected chi connectivity index (χ4v) is 2.36. The normalized spacial score (nSPS) is 13.7. The molecule has 2 amide bonds. The fourth-order valence-electron chi connectivity index (χ4n) is 2.36. The summed E-state index contributed by atoms with van der Waals surface area (Å²) in [7, 11) is 1.62. The first-order chi connectivity index (χ1) is 11.1. The highest BCUT2D eigenvalue weighted by Gasteiger charge is 2.30. The molecule has 0 saturated heterocycles. The van der Waals surface area contributed by atoms with Crippen LogP contribution in [0.3, 0.4) is 0 Å². The second-order valence-corrected chi connectivity index (χ2v) is 5.79. The van der Waals surface area contributed by atoms with Crippen LogP contribution in [0.25, 0.3) is 0 Å². The Morgan fingerprint density at radius 3 is 2.52 bits per heavy atom. The van der Waals surface area contributed by atoms with Gasteiger partial charge in [-0.25, -0.2) is 0 Å². The second-order valence-electron chi connectivity index (χ2n) is 5.79. The van der Waals surface area contributed by atoms with Crippen LogP contribution in [0.4, 0.5) is 5.69 Å². The topological polar surface area (TPSA) is 70.7 Å². The molecule has 0 radical (unpaired) electrons. The van der Waals surface area contributed by atoms with Crippen molar-refractivity contribution in [1.82, 2.24) is 10.2 Å². The summed E-state index contributed by atoms with van der Waals surface area (Å²) in [5.41, 5.74) is 1.83. The molecule has 1 saturated carbocycles. The van der Waals surface area contributed by atoms with Gasteiger partial charge >= 0.3 is 0 Å². The molecule has 1 fully saturated rings. The van der Waals surface area contributed by atoms with Gasteiger partial charge in [0, 0.05) is 38.9 Å². The van der Waals surface area contributed by atoms with E-state index < -0.39 is 0 Å². The van der Waals surface area contributed by atoms with E-state index in [-0.39, 0.29) is 18.4 Å². The molecule has 0 unspecified atom stereocenters. The summed E-state index contributed by atoms with van der Waals surface area (Å²) in [6, 6.07) is 8.05. The molecular formula is C17H25N3O3. The van der Waals surface area contributed by atoms with Gasteiger partial charge in [0.15, 0.2) is 0 Å². The molecule has 2 rings (SSSR count). The average molecular weight is 319 g/mol. The molecule has 0 aromatic heterocycles. The van der Waals surface area contributed by atoms with Crippen molar-refractivity contribution in [3.63, 3.8) is 0 Å². The van der Waals surface area contributed by atoms with Gasteiger partial charge in [0.1, 0.15) is 0 Å². The largest absolute Gasteiger partial charge is 0.383 e. The minimum atomic E-state index is -0.0859. The molecule has 1 aromatic carbocycles. The van der Waals surface area contributed by atoms with Crippen molar-refractivity contribution in [2.45, 2.75) is 32.4 Å². The number of ether oxygens (including phenoxy) is 1. The third-order valence-corrected chi connectivity index (χ3v) is 3.75. The third kappa shape index (κ3) is 6.00. The minimum absolute atomic E-state index is 0.0859. The summed E-state index contributed by atoms with van der Waals surface area (Å²) in [4.78, 5) is 25.3. The van der Waals surface area contributed by atoms with Crippen LogP contribution in [0, 0.1) is 0 Å². The van der Waals surface area contributed by atoms with E-state index in [1.807, 2.05) is 29.2 Å². The smallest absolute Gasteiger partial charge is 0.238 e. The molecule has 23 heavy (non-hydrogen) atoms. The van der Waals surface area contributed by atoms with Crippen LogP contribution in [0.2, 0.25) is 0 Å². The first kappa shape index (κ1) is 17.4. The summed E-state index contributed by atoms with van der Waals surface area (Å²) in [5.74, 6) is 0.0317. The lowest BCUT2D eigenvalue weighted by molar-refractivity contribution is -0.130. The quantitative estimate of drug-likeness (QED) is 0.675. The van der Waals surface area contributed by atoms with E-state index in [2.05, 4.69) is 10.6 Å². The number of nitrogens with one attached hydrogen (secondary N) is 2. The summed E-state index contributed by atoms with van der Waals surface area (Å²) < 4.78 is 4.90. The van der Waals surface area contributed by atoms with Crippen molar-refractivity contribution in [3.8, 4) is 0 Å². The molecular weight excluding hydrogens is 294 g/mol. The molecule has 2 N–H and O–H groups in total. The number of hydrogen-bond donors (Lipinski definition) is 2. The minimum Gasteiger partial charge on any atom is -0.383 e. The van der Waals surface area contributed by atoms with Crippen molar-refractivity contribution in [2.75, 3.05) is 32.1 Å². The molecule has 0 heterocycles. The Kier molecular flexibility index (Phi) is 6.55. The highest BCUT2D eigenvalue weighted by atomic mass is 16.5. The predicted octanol–water partition coefficient (Wildman–Crippen LogP) is 1.37. The maximum Gasteiger partial charge on any atom is 0.238 e. The van der Waals surface area contributed by atoms with E-state index in [1.54, 1.807) is 14.0 Å². The molecule has 1 aromatic rings. The Morgan fingerprint density at radius 1 is 1.26 bits per heavy atom. The zero-order chi connectivity index (χ0) is 16.7. The zero-order valence-electron chi connectivity index (χ0n) is 13.8. The van der Waals surface area contributed by atoms with E-state index in [4.69, 9.17) is 4.74 Å². The van der Waals surface area contributed by atoms with Gasteiger partial charge in [0.2, 0.25) is 11.8 Å². The van der Waals surface area contributed by atoms with Gasteiger partial charge in [0.25, 0.3) is 0 Å². The molecule has 6 nitrogen and oxygen atoms in total. The maximum absolute atomic E-state index is 11.8. The van der Waals surface area contributed by atoms with Crippen molar-refractivity contribution in [1.29, 1.82) is 0 Å². The number of carbonyl (C=O) groups is 2. The van der Waals surface area contributed by atoms with Crippen molar-refractivity contribution in [3.05, 3.63) is 29.8 Å². The lowest BCUT2D eigenvalue weighted by Crippen LogP contribution is -2.30. The van der Waals surface area contributed by atoms with Gasteiger partial charge in [0.05, 0.1) is 13.2 Å². The number of amides is 2. The van der Waals surface area contributed by atoms with Crippen molar-refractivity contribution < 1.29 is 14.3 Å². The van der Waals surface area contributed by atoms with Gasteiger partial charge in [-0.2, -0.15) is 0 Å². The Morgan fingerprint density at radius 2 is 1.96 bits per heavy atom. The highest BCUT2D eigenvalue weighted by Crippen LogP contribution is 2.28. The SMILES string of the molecule is COCCNCC(=O)Nc1ccc(CN(C(C)=O)C2CC2)cc1. The molecule has 1 aliphatic rings. The molecule has 0 bridgehead atoms. The van der Waals surface area contributed by atoms with Crippen LogP contribution in [0.5, 0.6) is 0 Å². The summed E-state index contributed by atoms with van der Waals surface area (Å²) in [6.45, 7) is 3.72. The molecule has 1 aliphatic carbocycles. The maximum atomic E-state index is 11.8. The van der Waals surface area contributed by atoms with Crippen molar-refractivity contribution in [2.24, 2.45) is 0 Å². The van der Waals surface area contributed by atoms with Crippen molar-refractivity contribution >= 4 is 17.5 Å². The number of methoxy groups -OCH3 is 1. The van der Waals surface area contributed by atoms with Gasteiger partial charge < -0.3 is 20.3 Å². The molecule has 6 heteroatoms. The summed E-state index contributed by atoms with van der Waals surface area (Å²) >= 11 is 0. The summed E-state index contributed by atoms with van der Waals surface area (Å²) in [6.07, 6.45) is 2.20. The average Bonchev–Trinajstić information content (AvgIpc) is 3.35. The van der Waals surface area contributed by atoms with Gasteiger partial charge in [-0.1, -0.05) is 12.1 Å². The monoisotopic (exact) mass is 319 g/mol. The summed E-state index contributed by atoms with van der Waals surface area (Å²) in [5, 5.41) is 5.83. The van der Waals surface area contributed by atoms with Crippen LogP contribution >= 0.6 is 0 Å². The van der Waals surface area contributed by atoms with E-state index in [0.717, 1.165) is 24.1 Å². The number of carbonyl (C=O) groups excluding carboxylic acids is 2. The van der Waals surface area contributed by atoms with Crippen LogP contribution in [-0.4, -0.2) is 49.6 Å². The van der Waals surface area contributed by atoms with Gasteiger partial charge in [-0.3, -0.25) is 9.59 Å². The Labute approximate surface area is 137 Å². The first-order valence-corrected chi connectivity index (χ1v) is 7.96. The zero-order valence-corrected chi connectivity index (χ0v) is 13.8. The van der Waals surface area contributed by atoms with Crippen LogP contribution < -0.4 is 10.6 Å². The molecule has 126 valence electrons. The Balaban J connectivity index is 1.79. The van der Waals surface area contributed by atoms with E-state index in [0.29, 0.717) is 25.7 Å². The molecule has 0 aliphatic heterocycles. The lowest BCUT2D eigenvalue weighted by Gasteiger charge is -2.20. The second kappa shape index (κ2) is 8.64. The predicted molar refractivity (Wildman–Crippen MR) is 89.1 cm³/mol. The third-order valence-electron chi connectivity index (χ3n) is 3.75. The number of nitrogens with zero attached hydrogens (tertiary/aromatic N) is 1. The van der Waals surface area contributed by atoms with Gasteiger partial charge in [-0.15, -0.1) is 0 Å². The number of benzene rings is 1. The number of anilines is 1. The van der Waals surface area contributed by atoms with E-state index in [9.17, 15) is 9.59 Å². The highest BCUT2D eigenvalue weighted by molar-refractivity contribution is 5.92. The van der Waals surface area contributed by atoms with Gasteiger partial charge in [-0.05, 0) is 30.5 Å². The molecule has 0 spiro atoms. The Bertz CT molecular complexity index is 526. The van der Waals surface area contributed by atoms with Crippen LogP contribution in [-0.2, 0) is 20.9 Å². The van der Waals surface area contributed by atoms with Crippen LogP contribution in [0.1, 0.15) is 25.3 Å². The van der Waals surface area contributed by atoms with Crippen LogP contribution in [0.15, 0.2) is 24.3 Å². The Hall–Kier alpha value is -1.92. The number of hydrogen-bond acceptors (Lipinski definition) is 4. The fraction of sp³-hybridized carbons (Fsp3) is 0.529. The first-order valence-electron chi connectivity index (χ1n) is 7.96. The lowest BCUT2D eigenvalue weighted by atomic mass is 10.2. The molecule has 0 atom stereocenters.